The molecule has 0 aliphatic carbocycles. The van der Waals surface area contributed by atoms with E-state index in [1.165, 1.54) is 17.8 Å². The topological polar surface area (TPSA) is 29.1 Å². The number of hydrogen-bond acceptors (Lipinski definition) is 2. The van der Waals surface area contributed by atoms with Crippen molar-refractivity contribution in [3.8, 4) is 0 Å². The molecule has 0 spiro atoms. The maximum Gasteiger partial charge on any atom is 0.230 e. The predicted octanol–water partition coefficient (Wildman–Crippen LogP) is 2.59. The average molecular weight is 241 g/mol. The quantitative estimate of drug-likeness (QED) is 0.829. The number of halogens is 1. The molecule has 4 heteroatoms. The highest BCUT2D eigenvalue weighted by molar-refractivity contribution is 7.99. The van der Waals surface area contributed by atoms with Crippen molar-refractivity contribution in [3.63, 3.8) is 0 Å². The molecule has 0 saturated heterocycles. The van der Waals surface area contributed by atoms with Crippen LogP contribution < -0.4 is 5.32 Å². The van der Waals surface area contributed by atoms with Gasteiger partial charge in [0.05, 0.1) is 5.75 Å². The highest BCUT2D eigenvalue weighted by atomic mass is 32.2. The van der Waals surface area contributed by atoms with Gasteiger partial charge < -0.3 is 5.32 Å². The van der Waals surface area contributed by atoms with Gasteiger partial charge in [-0.15, -0.1) is 11.8 Å². The van der Waals surface area contributed by atoms with Crippen LogP contribution in [-0.4, -0.2) is 18.2 Å². The van der Waals surface area contributed by atoms with Gasteiger partial charge in [0.1, 0.15) is 5.82 Å². The van der Waals surface area contributed by atoms with Gasteiger partial charge in [0.2, 0.25) is 5.91 Å². The van der Waals surface area contributed by atoms with Crippen LogP contribution >= 0.6 is 11.8 Å². The van der Waals surface area contributed by atoms with Crippen molar-refractivity contribution in [1.29, 1.82) is 0 Å². The molecule has 88 valence electrons. The molecule has 1 aromatic carbocycles. The van der Waals surface area contributed by atoms with E-state index in [0.29, 0.717) is 23.6 Å². The van der Waals surface area contributed by atoms with Crippen LogP contribution in [0.3, 0.4) is 0 Å². The second-order valence-corrected chi connectivity index (χ2v) is 4.42. The van der Waals surface area contributed by atoms with E-state index in [1.54, 1.807) is 18.2 Å². The Kier molecular flexibility index (Phi) is 5.93. The fraction of sp³-hybridized carbons (Fsp3) is 0.417. The molecule has 2 nitrogen and oxygen atoms in total. The van der Waals surface area contributed by atoms with E-state index >= 15 is 0 Å². The zero-order valence-electron chi connectivity index (χ0n) is 9.33. The summed E-state index contributed by atoms with van der Waals surface area (Å²) in [6.45, 7) is 2.71. The fourth-order valence-electron chi connectivity index (χ4n) is 1.18. The Morgan fingerprint density at radius 3 is 2.88 bits per heavy atom. The molecule has 1 rings (SSSR count). The van der Waals surface area contributed by atoms with E-state index in [9.17, 15) is 9.18 Å². The molecule has 16 heavy (non-hydrogen) atoms. The van der Waals surface area contributed by atoms with Crippen molar-refractivity contribution < 1.29 is 9.18 Å². The van der Waals surface area contributed by atoms with Gasteiger partial charge in [-0.3, -0.25) is 4.79 Å². The Morgan fingerprint density at radius 1 is 1.44 bits per heavy atom. The SMILES string of the molecule is CCCNC(=O)CSCc1ccccc1F. The van der Waals surface area contributed by atoms with Crippen LogP contribution in [0.25, 0.3) is 0 Å². The number of hydrogen-bond donors (Lipinski definition) is 1. The second kappa shape index (κ2) is 7.28. The Hall–Kier alpha value is -1.03. The van der Waals surface area contributed by atoms with E-state index in [1.807, 2.05) is 6.92 Å². The van der Waals surface area contributed by atoms with Crippen molar-refractivity contribution >= 4 is 17.7 Å². The first-order valence-corrected chi connectivity index (χ1v) is 6.47. The highest BCUT2D eigenvalue weighted by Gasteiger charge is 2.03. The van der Waals surface area contributed by atoms with Gasteiger partial charge in [0.25, 0.3) is 0 Å². The lowest BCUT2D eigenvalue weighted by molar-refractivity contribution is -0.118. The summed E-state index contributed by atoms with van der Waals surface area (Å²) in [5.74, 6) is 0.729. The number of carbonyl (C=O) groups excluding carboxylic acids is 1. The van der Waals surface area contributed by atoms with Gasteiger partial charge in [-0.2, -0.15) is 0 Å². The summed E-state index contributed by atoms with van der Waals surface area (Å²) in [4.78, 5) is 11.3. The number of thioether (sulfide) groups is 1. The maximum atomic E-state index is 13.2. The molecular formula is C12H16FNOS. The highest BCUT2D eigenvalue weighted by Crippen LogP contribution is 2.14. The summed E-state index contributed by atoms with van der Waals surface area (Å²) in [7, 11) is 0. The van der Waals surface area contributed by atoms with Gasteiger partial charge >= 0.3 is 0 Å². The lowest BCUT2D eigenvalue weighted by Crippen LogP contribution is -2.25. The van der Waals surface area contributed by atoms with Crippen molar-refractivity contribution in [2.75, 3.05) is 12.3 Å². The summed E-state index contributed by atoms with van der Waals surface area (Å²) < 4.78 is 13.2. The summed E-state index contributed by atoms with van der Waals surface area (Å²) in [6.07, 6.45) is 0.934. The Balaban J connectivity index is 2.25. The van der Waals surface area contributed by atoms with Crippen LogP contribution in [0, 0.1) is 5.82 Å². The first-order chi connectivity index (χ1) is 7.74. The van der Waals surface area contributed by atoms with Crippen LogP contribution in [-0.2, 0) is 10.5 Å². The summed E-state index contributed by atoms with van der Waals surface area (Å²) >= 11 is 1.43. The Bertz CT molecular complexity index is 344. The molecular weight excluding hydrogens is 225 g/mol. The average Bonchev–Trinajstić information content (AvgIpc) is 2.29. The van der Waals surface area contributed by atoms with Crippen molar-refractivity contribution in [2.45, 2.75) is 19.1 Å². The van der Waals surface area contributed by atoms with Crippen molar-refractivity contribution in [3.05, 3.63) is 35.6 Å². The second-order valence-electron chi connectivity index (χ2n) is 3.43. The fourth-order valence-corrected chi connectivity index (χ4v) is 2.03. The molecule has 0 atom stereocenters. The molecule has 0 aliphatic heterocycles. The third-order valence-electron chi connectivity index (χ3n) is 2.02. The minimum absolute atomic E-state index is 0.0168. The molecule has 0 aromatic heterocycles. The largest absolute Gasteiger partial charge is 0.355 e. The molecule has 0 fully saturated rings. The van der Waals surface area contributed by atoms with Gasteiger partial charge in [-0.05, 0) is 18.1 Å². The molecule has 0 saturated carbocycles. The lowest BCUT2D eigenvalue weighted by Gasteiger charge is -2.04. The van der Waals surface area contributed by atoms with E-state index in [-0.39, 0.29) is 11.7 Å². The zero-order valence-corrected chi connectivity index (χ0v) is 10.1. The normalized spacial score (nSPS) is 10.1. The summed E-state index contributed by atoms with van der Waals surface area (Å²) in [5.41, 5.74) is 0.649. The molecule has 1 aromatic rings. The van der Waals surface area contributed by atoms with Gasteiger partial charge in [0, 0.05) is 12.3 Å². The van der Waals surface area contributed by atoms with Gasteiger partial charge in [-0.25, -0.2) is 4.39 Å². The van der Waals surface area contributed by atoms with Crippen LogP contribution in [0.1, 0.15) is 18.9 Å². The monoisotopic (exact) mass is 241 g/mol. The van der Waals surface area contributed by atoms with Crippen molar-refractivity contribution in [2.24, 2.45) is 0 Å². The van der Waals surface area contributed by atoms with Crippen molar-refractivity contribution in [1.82, 2.24) is 5.32 Å². The zero-order chi connectivity index (χ0) is 11.8. The minimum atomic E-state index is -0.205. The molecule has 0 bridgehead atoms. The van der Waals surface area contributed by atoms with Gasteiger partial charge in [0.15, 0.2) is 0 Å². The number of amides is 1. The maximum absolute atomic E-state index is 13.2. The van der Waals surface area contributed by atoms with Crippen LogP contribution in [0.15, 0.2) is 24.3 Å². The molecule has 0 unspecified atom stereocenters. The van der Waals surface area contributed by atoms with Crippen LogP contribution in [0.4, 0.5) is 4.39 Å². The van der Waals surface area contributed by atoms with Crippen LogP contribution in [0.5, 0.6) is 0 Å². The van der Waals surface area contributed by atoms with E-state index in [0.717, 1.165) is 6.42 Å². The number of rotatable bonds is 6. The standard InChI is InChI=1S/C12H16FNOS/c1-2-7-14-12(15)9-16-8-10-5-3-4-6-11(10)13/h3-6H,2,7-9H2,1H3,(H,14,15). The molecule has 0 radical (unpaired) electrons. The number of carbonyl (C=O) groups is 1. The van der Waals surface area contributed by atoms with Crippen LogP contribution in [0.2, 0.25) is 0 Å². The molecule has 0 aliphatic rings. The Labute approximate surface area is 99.6 Å². The van der Waals surface area contributed by atoms with E-state index < -0.39 is 0 Å². The summed E-state index contributed by atoms with van der Waals surface area (Å²) in [6, 6.07) is 6.65. The van der Waals surface area contributed by atoms with Gasteiger partial charge in [-0.1, -0.05) is 25.1 Å². The number of nitrogens with one attached hydrogen (secondary N) is 1. The predicted molar refractivity (Wildman–Crippen MR) is 65.9 cm³/mol. The van der Waals surface area contributed by atoms with E-state index in [4.69, 9.17) is 0 Å². The molecule has 0 heterocycles. The third-order valence-corrected chi connectivity index (χ3v) is 3.00. The third kappa shape index (κ3) is 4.66. The first-order valence-electron chi connectivity index (χ1n) is 5.32. The minimum Gasteiger partial charge on any atom is -0.355 e. The smallest absolute Gasteiger partial charge is 0.230 e. The van der Waals surface area contributed by atoms with E-state index in [2.05, 4.69) is 5.32 Å². The molecule has 1 N–H and O–H groups in total. The lowest BCUT2D eigenvalue weighted by atomic mass is 10.2. The summed E-state index contributed by atoms with van der Waals surface area (Å²) in [5, 5.41) is 2.78. The molecule has 1 amide bonds. The Morgan fingerprint density at radius 2 is 2.19 bits per heavy atom. The number of benzene rings is 1. The first kappa shape index (κ1) is 13.0.